The number of hydrogen-bond donors (Lipinski definition) is 0. The maximum atomic E-state index is 6.07. The molecule has 2 aromatic rings. The fraction of sp³-hybridized carbons (Fsp3) is 0. The Kier molecular flexibility index (Phi) is 2.76. The average Bonchev–Trinajstić information content (AvgIpc) is 2.23. The Balaban J connectivity index is 0.00000112. The lowest BCUT2D eigenvalue weighted by molar-refractivity contribution is 1.62. The second-order valence-corrected chi connectivity index (χ2v) is 3.83. The summed E-state index contributed by atoms with van der Waals surface area (Å²) in [5, 5.41) is 1.42. The molecule has 0 spiro atoms. The van der Waals surface area contributed by atoms with Crippen molar-refractivity contribution >= 4 is 23.2 Å². The van der Waals surface area contributed by atoms with Crippen LogP contribution < -0.4 is 0 Å². The third-order valence-corrected chi connectivity index (χ3v) is 2.58. The number of halogens is 2. The van der Waals surface area contributed by atoms with E-state index in [-0.39, 0.29) is 1.43 Å². The van der Waals surface area contributed by atoms with Crippen molar-refractivity contribution in [3.05, 3.63) is 58.6 Å². The van der Waals surface area contributed by atoms with Crippen LogP contribution in [0.2, 0.25) is 10.0 Å². The second kappa shape index (κ2) is 4.04. The molecule has 0 bridgehead atoms. The summed E-state index contributed by atoms with van der Waals surface area (Å²) in [7, 11) is 0. The zero-order valence-corrected chi connectivity index (χ0v) is 8.89. The van der Waals surface area contributed by atoms with Gasteiger partial charge >= 0.3 is 1.43 Å². The molecule has 0 heterocycles. The zero-order valence-electron chi connectivity index (χ0n) is 8.37. The van der Waals surface area contributed by atoms with Gasteiger partial charge in [-0.1, -0.05) is 53.5 Å². The fourth-order valence-electron chi connectivity index (χ4n) is 1.34. The van der Waals surface area contributed by atoms with E-state index in [2.05, 4.69) is 0 Å². The van der Waals surface area contributed by atoms with Gasteiger partial charge in [0.15, 0.2) is 0 Å². The Labute approximate surface area is 94.6 Å². The van der Waals surface area contributed by atoms with Crippen LogP contribution in [-0.2, 0) is 0 Å². The molecule has 0 aliphatic rings. The van der Waals surface area contributed by atoms with Crippen LogP contribution in [0.25, 0.3) is 11.1 Å². The minimum absolute atomic E-state index is 0. The number of hydrogen-bond acceptors (Lipinski definition) is 0. The molecule has 2 heteroatoms. The fourth-order valence-corrected chi connectivity index (χ4v) is 1.74. The molecular formula is C12H9Cl2+. The van der Waals surface area contributed by atoms with Crippen LogP contribution in [-0.4, -0.2) is 0 Å². The SMILES string of the molecule is Clc1ccc(Cl)c(-c2ccccc2)c1.[H+]. The Morgan fingerprint density at radius 3 is 2.29 bits per heavy atom. The normalized spacial score (nSPS) is 10.1. The van der Waals surface area contributed by atoms with Crippen LogP contribution in [0, 0.1) is 0 Å². The van der Waals surface area contributed by atoms with Crippen molar-refractivity contribution in [3.63, 3.8) is 0 Å². The van der Waals surface area contributed by atoms with Crippen molar-refractivity contribution < 1.29 is 1.43 Å². The molecule has 0 fully saturated rings. The standard InChI is InChI=1S/C12H8Cl2/c13-10-6-7-12(14)11(8-10)9-4-2-1-3-5-9/h1-8H/p+1. The highest BCUT2D eigenvalue weighted by Gasteiger charge is 2.02. The first-order chi connectivity index (χ1) is 6.77. The summed E-state index contributed by atoms with van der Waals surface area (Å²) >= 11 is 12.0. The van der Waals surface area contributed by atoms with E-state index < -0.39 is 0 Å². The van der Waals surface area contributed by atoms with E-state index in [9.17, 15) is 0 Å². The van der Waals surface area contributed by atoms with Crippen LogP contribution >= 0.6 is 23.2 Å². The largest absolute Gasteiger partial charge is 1.00 e. The van der Waals surface area contributed by atoms with Crippen LogP contribution in [0.1, 0.15) is 1.43 Å². The van der Waals surface area contributed by atoms with Gasteiger partial charge in [-0.15, -0.1) is 0 Å². The summed E-state index contributed by atoms with van der Waals surface area (Å²) in [4.78, 5) is 0. The van der Waals surface area contributed by atoms with Gasteiger partial charge in [-0.05, 0) is 23.8 Å². The molecule has 0 radical (unpaired) electrons. The summed E-state index contributed by atoms with van der Waals surface area (Å²) < 4.78 is 0. The first-order valence-electron chi connectivity index (χ1n) is 4.28. The van der Waals surface area contributed by atoms with Gasteiger partial charge in [-0.2, -0.15) is 0 Å². The van der Waals surface area contributed by atoms with Gasteiger partial charge in [0, 0.05) is 15.6 Å². The summed E-state index contributed by atoms with van der Waals surface area (Å²) in [5.41, 5.74) is 2.06. The third kappa shape index (κ3) is 1.92. The van der Waals surface area contributed by atoms with Crippen molar-refractivity contribution in [2.45, 2.75) is 0 Å². The van der Waals surface area contributed by atoms with E-state index in [1.807, 2.05) is 42.5 Å². The summed E-state index contributed by atoms with van der Waals surface area (Å²) in [5.74, 6) is 0. The molecule has 0 aliphatic carbocycles. The monoisotopic (exact) mass is 223 g/mol. The van der Waals surface area contributed by atoms with E-state index in [1.54, 1.807) is 6.07 Å². The van der Waals surface area contributed by atoms with E-state index in [0.29, 0.717) is 5.02 Å². The van der Waals surface area contributed by atoms with E-state index in [1.165, 1.54) is 0 Å². The molecule has 0 unspecified atom stereocenters. The molecule has 0 aliphatic heterocycles. The van der Waals surface area contributed by atoms with Crippen molar-refractivity contribution in [3.8, 4) is 11.1 Å². The van der Waals surface area contributed by atoms with Gasteiger partial charge in [0.25, 0.3) is 0 Å². The van der Waals surface area contributed by atoms with Crippen molar-refractivity contribution in [2.75, 3.05) is 0 Å². The van der Waals surface area contributed by atoms with Crippen LogP contribution in [0.15, 0.2) is 48.5 Å². The highest BCUT2D eigenvalue weighted by molar-refractivity contribution is 6.35. The lowest BCUT2D eigenvalue weighted by atomic mass is 10.1. The third-order valence-electron chi connectivity index (χ3n) is 2.01. The molecule has 70 valence electrons. The van der Waals surface area contributed by atoms with Gasteiger partial charge in [0.1, 0.15) is 0 Å². The van der Waals surface area contributed by atoms with Crippen molar-refractivity contribution in [2.24, 2.45) is 0 Å². The quantitative estimate of drug-likeness (QED) is 0.654. The summed E-state index contributed by atoms with van der Waals surface area (Å²) in [6.45, 7) is 0. The Morgan fingerprint density at radius 2 is 1.57 bits per heavy atom. The smallest absolute Gasteiger partial charge is 0.0843 e. The van der Waals surface area contributed by atoms with E-state index in [0.717, 1.165) is 16.1 Å². The second-order valence-electron chi connectivity index (χ2n) is 2.99. The molecule has 0 saturated heterocycles. The Hall–Kier alpha value is -0.980. The molecule has 0 saturated carbocycles. The van der Waals surface area contributed by atoms with Crippen LogP contribution in [0.4, 0.5) is 0 Å². The molecule has 14 heavy (non-hydrogen) atoms. The minimum Gasteiger partial charge on any atom is -0.0843 e. The van der Waals surface area contributed by atoms with Gasteiger partial charge in [-0.3, -0.25) is 0 Å². The number of rotatable bonds is 1. The van der Waals surface area contributed by atoms with Gasteiger partial charge < -0.3 is 0 Å². The lowest BCUT2D eigenvalue weighted by Gasteiger charge is -2.04. The van der Waals surface area contributed by atoms with Crippen LogP contribution in [0.3, 0.4) is 0 Å². The van der Waals surface area contributed by atoms with E-state index in [4.69, 9.17) is 23.2 Å². The average molecular weight is 224 g/mol. The van der Waals surface area contributed by atoms with Crippen LogP contribution in [0.5, 0.6) is 0 Å². The molecule has 0 aromatic heterocycles. The highest BCUT2D eigenvalue weighted by Crippen LogP contribution is 2.29. The maximum Gasteiger partial charge on any atom is 1.00 e. The molecule has 0 atom stereocenters. The Morgan fingerprint density at radius 1 is 0.857 bits per heavy atom. The van der Waals surface area contributed by atoms with Crippen molar-refractivity contribution in [1.82, 2.24) is 0 Å². The van der Waals surface area contributed by atoms with Gasteiger partial charge in [0.2, 0.25) is 0 Å². The van der Waals surface area contributed by atoms with Gasteiger partial charge in [-0.25, -0.2) is 0 Å². The molecule has 2 aromatic carbocycles. The van der Waals surface area contributed by atoms with Gasteiger partial charge in [0.05, 0.1) is 0 Å². The molecule has 0 N–H and O–H groups in total. The molecule has 0 nitrogen and oxygen atoms in total. The lowest BCUT2D eigenvalue weighted by Crippen LogP contribution is -1.78. The first kappa shape index (κ1) is 9.57. The van der Waals surface area contributed by atoms with E-state index >= 15 is 0 Å². The zero-order chi connectivity index (χ0) is 9.97. The minimum atomic E-state index is 0. The predicted octanol–water partition coefficient (Wildman–Crippen LogP) is 4.77. The Bertz CT molecular complexity index is 441. The first-order valence-corrected chi connectivity index (χ1v) is 5.03. The predicted molar refractivity (Wildman–Crippen MR) is 63.0 cm³/mol. The molecule has 0 amide bonds. The maximum absolute atomic E-state index is 6.07. The summed E-state index contributed by atoms with van der Waals surface area (Å²) in [6.07, 6.45) is 0. The molecule has 2 rings (SSSR count). The summed E-state index contributed by atoms with van der Waals surface area (Å²) in [6, 6.07) is 15.4. The topological polar surface area (TPSA) is 0 Å². The van der Waals surface area contributed by atoms with Crippen molar-refractivity contribution in [1.29, 1.82) is 0 Å². The molecular weight excluding hydrogens is 215 g/mol. The highest BCUT2D eigenvalue weighted by atomic mass is 35.5. The number of benzene rings is 2.